The molecule has 1 aromatic rings. The lowest BCUT2D eigenvalue weighted by molar-refractivity contribution is 0.0431. The Labute approximate surface area is 136 Å². The second kappa shape index (κ2) is 8.06. The van der Waals surface area contributed by atoms with Crippen LogP contribution < -0.4 is 0 Å². The quantitative estimate of drug-likeness (QED) is 0.901. The van der Waals surface area contributed by atoms with Crippen molar-refractivity contribution in [1.82, 2.24) is 9.88 Å². The van der Waals surface area contributed by atoms with E-state index in [1.54, 1.807) is 11.8 Å². The van der Waals surface area contributed by atoms with Crippen LogP contribution in [0.1, 0.15) is 59.1 Å². The van der Waals surface area contributed by atoms with Gasteiger partial charge in [-0.25, -0.2) is 9.78 Å². The van der Waals surface area contributed by atoms with Crippen molar-refractivity contribution in [2.75, 3.05) is 19.7 Å². The van der Waals surface area contributed by atoms with Crippen LogP contribution in [0.5, 0.6) is 0 Å². The Bertz CT molecular complexity index is 574. The van der Waals surface area contributed by atoms with Crippen molar-refractivity contribution in [3.05, 3.63) is 29.1 Å². The number of hydrogen-bond donors (Lipinski definition) is 1. The molecule has 0 aliphatic carbocycles. The summed E-state index contributed by atoms with van der Waals surface area (Å²) in [6, 6.07) is 2.94. The van der Waals surface area contributed by atoms with Crippen LogP contribution in [0.25, 0.3) is 0 Å². The topological polar surface area (TPSA) is 79.7 Å². The molecule has 0 spiro atoms. The molecule has 1 atom stereocenters. The summed E-state index contributed by atoms with van der Waals surface area (Å²) >= 11 is 0. The standard InChI is InChI=1S/C17H24N2O4/c1-3-11-23-13-5-4-9-19(10-8-13)16(20)15-7-6-14(17(21)22)12(2)18-15/h6-7,13H,3-5,8-11H2,1-2H3,(H,21,22). The zero-order valence-electron chi connectivity index (χ0n) is 13.7. The number of carboxylic acids is 1. The molecular formula is C17H24N2O4. The third kappa shape index (κ3) is 4.51. The highest BCUT2D eigenvalue weighted by Crippen LogP contribution is 2.17. The van der Waals surface area contributed by atoms with Crippen LogP contribution in [0.2, 0.25) is 0 Å². The van der Waals surface area contributed by atoms with Gasteiger partial charge in [-0.15, -0.1) is 0 Å². The van der Waals surface area contributed by atoms with Crippen LogP contribution in [0.4, 0.5) is 0 Å². The molecule has 1 aliphatic heterocycles. The Morgan fingerprint density at radius 3 is 2.78 bits per heavy atom. The number of hydrogen-bond acceptors (Lipinski definition) is 4. The summed E-state index contributed by atoms with van der Waals surface area (Å²) in [6.45, 7) is 5.79. The molecule has 0 radical (unpaired) electrons. The number of ether oxygens (including phenoxy) is 1. The molecule has 2 rings (SSSR count). The maximum atomic E-state index is 12.6. The van der Waals surface area contributed by atoms with Gasteiger partial charge in [-0.3, -0.25) is 4.79 Å². The fourth-order valence-corrected chi connectivity index (χ4v) is 2.79. The van der Waals surface area contributed by atoms with E-state index in [0.717, 1.165) is 32.3 Å². The third-order valence-corrected chi connectivity index (χ3v) is 4.06. The minimum absolute atomic E-state index is 0.130. The van der Waals surface area contributed by atoms with Gasteiger partial charge in [-0.05, 0) is 44.7 Å². The van der Waals surface area contributed by atoms with E-state index >= 15 is 0 Å². The highest BCUT2D eigenvalue weighted by molar-refractivity contribution is 5.94. The summed E-state index contributed by atoms with van der Waals surface area (Å²) in [5.41, 5.74) is 0.799. The first-order valence-electron chi connectivity index (χ1n) is 8.14. The molecule has 0 bridgehead atoms. The van der Waals surface area contributed by atoms with Crippen LogP contribution in [0, 0.1) is 6.92 Å². The van der Waals surface area contributed by atoms with Crippen LogP contribution >= 0.6 is 0 Å². The largest absolute Gasteiger partial charge is 0.478 e. The highest BCUT2D eigenvalue weighted by atomic mass is 16.5. The van der Waals surface area contributed by atoms with Crippen molar-refractivity contribution >= 4 is 11.9 Å². The van der Waals surface area contributed by atoms with E-state index in [1.165, 1.54) is 12.1 Å². The molecule has 23 heavy (non-hydrogen) atoms. The fraction of sp³-hybridized carbons (Fsp3) is 0.588. The Balaban J connectivity index is 2.03. The average Bonchev–Trinajstić information content (AvgIpc) is 2.77. The van der Waals surface area contributed by atoms with Gasteiger partial charge in [0.1, 0.15) is 5.69 Å². The number of carbonyl (C=O) groups is 2. The maximum absolute atomic E-state index is 12.6. The van der Waals surface area contributed by atoms with Crippen LogP contribution in [0.15, 0.2) is 12.1 Å². The number of carbonyl (C=O) groups excluding carboxylic acids is 1. The van der Waals surface area contributed by atoms with Crippen LogP contribution in [-0.2, 0) is 4.74 Å². The number of pyridine rings is 1. The molecule has 0 aromatic carbocycles. The fourth-order valence-electron chi connectivity index (χ4n) is 2.79. The lowest BCUT2D eigenvalue weighted by Crippen LogP contribution is -2.33. The molecule has 1 amide bonds. The molecule has 1 N–H and O–H groups in total. The predicted molar refractivity (Wildman–Crippen MR) is 85.7 cm³/mol. The van der Waals surface area contributed by atoms with E-state index in [2.05, 4.69) is 11.9 Å². The van der Waals surface area contributed by atoms with Gasteiger partial charge in [-0.2, -0.15) is 0 Å². The zero-order chi connectivity index (χ0) is 16.8. The maximum Gasteiger partial charge on any atom is 0.337 e. The van der Waals surface area contributed by atoms with Gasteiger partial charge in [0.15, 0.2) is 0 Å². The molecule has 1 fully saturated rings. The summed E-state index contributed by atoms with van der Waals surface area (Å²) in [6.07, 6.45) is 3.92. The van der Waals surface area contributed by atoms with Gasteiger partial charge < -0.3 is 14.7 Å². The van der Waals surface area contributed by atoms with Gasteiger partial charge in [0, 0.05) is 19.7 Å². The molecule has 6 heteroatoms. The molecular weight excluding hydrogens is 296 g/mol. The van der Waals surface area contributed by atoms with Crippen LogP contribution in [0.3, 0.4) is 0 Å². The van der Waals surface area contributed by atoms with E-state index in [-0.39, 0.29) is 17.6 Å². The number of aryl methyl sites for hydroxylation is 1. The predicted octanol–water partition coefficient (Wildman–Crippen LogP) is 2.51. The first-order chi connectivity index (χ1) is 11.0. The summed E-state index contributed by atoms with van der Waals surface area (Å²) in [7, 11) is 0. The molecule has 126 valence electrons. The Morgan fingerprint density at radius 1 is 1.35 bits per heavy atom. The number of likely N-dealkylation sites (tertiary alicyclic amines) is 1. The van der Waals surface area contributed by atoms with Gasteiger partial charge in [0.25, 0.3) is 5.91 Å². The molecule has 6 nitrogen and oxygen atoms in total. The number of aromatic carboxylic acids is 1. The first-order valence-corrected chi connectivity index (χ1v) is 8.14. The zero-order valence-corrected chi connectivity index (χ0v) is 13.7. The minimum atomic E-state index is -1.03. The van der Waals surface area contributed by atoms with E-state index < -0.39 is 5.97 Å². The Morgan fingerprint density at radius 2 is 2.13 bits per heavy atom. The monoisotopic (exact) mass is 320 g/mol. The minimum Gasteiger partial charge on any atom is -0.478 e. The lowest BCUT2D eigenvalue weighted by atomic mass is 10.1. The normalized spacial score (nSPS) is 18.5. The number of aromatic nitrogens is 1. The van der Waals surface area contributed by atoms with Gasteiger partial charge in [0.2, 0.25) is 0 Å². The average molecular weight is 320 g/mol. The molecule has 1 saturated heterocycles. The van der Waals surface area contributed by atoms with Crippen LogP contribution in [-0.4, -0.2) is 52.7 Å². The van der Waals surface area contributed by atoms with E-state index in [4.69, 9.17) is 9.84 Å². The van der Waals surface area contributed by atoms with Crippen molar-refractivity contribution in [2.45, 2.75) is 45.6 Å². The number of nitrogens with zero attached hydrogens (tertiary/aromatic N) is 2. The van der Waals surface area contributed by atoms with Crippen molar-refractivity contribution in [3.8, 4) is 0 Å². The summed E-state index contributed by atoms with van der Waals surface area (Å²) in [5.74, 6) is -1.17. The molecule has 2 heterocycles. The third-order valence-electron chi connectivity index (χ3n) is 4.06. The van der Waals surface area contributed by atoms with Crippen molar-refractivity contribution in [2.24, 2.45) is 0 Å². The van der Waals surface area contributed by atoms with E-state index in [1.807, 2.05) is 0 Å². The Kier molecular flexibility index (Phi) is 6.10. The summed E-state index contributed by atoms with van der Waals surface area (Å²) in [4.78, 5) is 29.6. The molecule has 1 unspecified atom stereocenters. The number of carboxylic acid groups (broad SMARTS) is 1. The van der Waals surface area contributed by atoms with Crippen molar-refractivity contribution in [1.29, 1.82) is 0 Å². The molecule has 1 aliphatic rings. The lowest BCUT2D eigenvalue weighted by Gasteiger charge is -2.20. The van der Waals surface area contributed by atoms with Crippen molar-refractivity contribution < 1.29 is 19.4 Å². The van der Waals surface area contributed by atoms with Gasteiger partial charge in [0.05, 0.1) is 17.4 Å². The van der Waals surface area contributed by atoms with Crippen molar-refractivity contribution in [3.63, 3.8) is 0 Å². The summed E-state index contributed by atoms with van der Waals surface area (Å²) in [5, 5.41) is 9.03. The molecule has 1 aromatic heterocycles. The number of rotatable bonds is 5. The smallest absolute Gasteiger partial charge is 0.337 e. The molecule has 0 saturated carbocycles. The highest BCUT2D eigenvalue weighted by Gasteiger charge is 2.23. The van der Waals surface area contributed by atoms with Gasteiger partial charge >= 0.3 is 5.97 Å². The first kappa shape index (κ1) is 17.4. The second-order valence-electron chi connectivity index (χ2n) is 5.85. The number of amides is 1. The summed E-state index contributed by atoms with van der Waals surface area (Å²) < 4.78 is 5.79. The SMILES string of the molecule is CCCOC1CCCN(C(=O)c2ccc(C(=O)O)c(C)n2)CC1. The van der Waals surface area contributed by atoms with E-state index in [0.29, 0.717) is 24.5 Å². The Hall–Kier alpha value is -1.95. The van der Waals surface area contributed by atoms with E-state index in [9.17, 15) is 9.59 Å². The second-order valence-corrected chi connectivity index (χ2v) is 5.85. The van der Waals surface area contributed by atoms with Gasteiger partial charge in [-0.1, -0.05) is 6.92 Å².